The summed E-state index contributed by atoms with van der Waals surface area (Å²) >= 11 is 0. The van der Waals surface area contributed by atoms with E-state index < -0.39 is 5.41 Å². The maximum atomic E-state index is 14.5. The molecule has 6 aromatic carbocycles. The van der Waals surface area contributed by atoms with Gasteiger partial charge in [-0.05, 0) is 272 Å². The number of anilines is 5. The van der Waals surface area contributed by atoms with Gasteiger partial charge in [-0.1, -0.05) is 252 Å². The zero-order valence-electron chi connectivity index (χ0n) is 96.7. The number of likely N-dealkylation sites (N-methyl/N-ethyl adjacent to an activating group) is 3. The number of halogens is 1. The van der Waals surface area contributed by atoms with E-state index in [1.807, 2.05) is 145 Å². The van der Waals surface area contributed by atoms with Crippen LogP contribution in [0.1, 0.15) is 369 Å². The molecule has 14 heterocycles. The van der Waals surface area contributed by atoms with Crippen LogP contribution in [0.4, 0.5) is 33.1 Å². The van der Waals surface area contributed by atoms with Gasteiger partial charge in [0, 0.05) is 158 Å². The number of fused-ring (bicyclic) bond motifs is 10. The highest BCUT2D eigenvalue weighted by Crippen LogP contribution is 2.52. The van der Waals surface area contributed by atoms with Gasteiger partial charge >= 0.3 is 0 Å². The molecule has 0 unspecified atom stereocenters. The van der Waals surface area contributed by atoms with Gasteiger partial charge in [-0.25, -0.2) is 24.0 Å². The first-order valence-corrected chi connectivity index (χ1v) is 54.1. The van der Waals surface area contributed by atoms with Gasteiger partial charge in [0.1, 0.15) is 29.3 Å². The van der Waals surface area contributed by atoms with E-state index in [0.29, 0.717) is 77.6 Å². The lowest BCUT2D eigenvalue weighted by molar-refractivity contribution is -0.123. The lowest BCUT2D eigenvalue weighted by Crippen LogP contribution is -2.46. The monoisotopic (exact) mass is 2030 g/mol. The number of nitrogens with one attached hydrogen (secondary N) is 1. The van der Waals surface area contributed by atoms with Gasteiger partial charge in [-0.2, -0.15) is 15.3 Å². The molecule has 2 saturated carbocycles. The summed E-state index contributed by atoms with van der Waals surface area (Å²) in [4.78, 5) is 52.0. The van der Waals surface area contributed by atoms with Gasteiger partial charge in [0.25, 0.3) is 0 Å². The molecule has 150 heavy (non-hydrogen) atoms. The number of rotatable bonds is 12. The first-order chi connectivity index (χ1) is 70.5. The number of aromatic nitrogens is 14. The summed E-state index contributed by atoms with van der Waals surface area (Å²) < 4.78 is 27.8. The highest BCUT2D eigenvalue weighted by Gasteiger charge is 2.52. The number of H-pyrrole nitrogens is 1. The predicted octanol–water partition coefficient (Wildman–Crippen LogP) is 30.3. The van der Waals surface area contributed by atoms with Gasteiger partial charge in [-0.3, -0.25) is 23.9 Å². The second-order valence-electron chi connectivity index (χ2n) is 46.9. The highest BCUT2D eigenvalue weighted by atomic mass is 19.1. The van der Waals surface area contributed by atoms with E-state index in [1.54, 1.807) is 4.68 Å². The third-order valence-corrected chi connectivity index (χ3v) is 31.0. The van der Waals surface area contributed by atoms with E-state index in [9.17, 15) is 14.0 Å². The maximum Gasteiger partial charge on any atom is 0.238 e. The standard InChI is InChI=1S/C17H23NO.C15H20FN.C14H19N3O.C14H20N2.C13H17NO.C12H15N.C11H15N3.C11H14N2.C10H13N3.C10H12N2/c1-11(2)12-8-9-14-15(10-12)18(13-6-5-7-13)16(19)17(14,3)4;1-9(2)11-7-8-12-14(13(11)16)17(6)10(3)15(12,4)5;1-8(2)11-7-10-12(16-15-11)17(9-5-6-9)13(18)14(10,3)4;1-9(2)11-7-12-13(15-8-11)16(6)10(3)14(12,4)5;1-9(2)11-5-6-13-12(7-11)14(4)10(3)8-15-13;1-9(2)11-5-4-10-6-7-13(3)12(10)8-11;1-7(2)10-6-5-9-8(3)13-14(4)11(9)12-10;1-8(2)9-4-5-10-7-12-13(3)11(10)6-9;1-7(2)8-4-5-9-10(6-8)13(3)12-11-9;1-7(2)9-4-3-8-5-6-11-10(8)12-9/h8-11,13H,5-7H2,1-4H3;7-9H,3H2,1-2,4-6H3;7-9H,5-6H2,1-4H3;7-9H,3H2,1-2,4-6H3;5-7,9H,3,8H2,1-2,4H3;4-9H,1-3H3;5-7H,1-4H3;4-8H,1-3H3;4-7H,1-3H3;3-7H,1-2H3,(H,11,12). The average molecular weight is 2030 g/mol. The zero-order chi connectivity index (χ0) is 110. The molecule has 0 saturated heterocycles. The molecule has 9 aromatic heterocycles. The molecule has 0 atom stereocenters. The summed E-state index contributed by atoms with van der Waals surface area (Å²) in [5, 5.41) is 30.0. The Labute approximate surface area is 892 Å². The lowest BCUT2D eigenvalue weighted by Gasteiger charge is -2.36. The first kappa shape index (κ1) is 114. The number of carbonyl (C=O) groups is 2. The summed E-state index contributed by atoms with van der Waals surface area (Å²) in [6, 6.07) is 54.1. The molecule has 2 fully saturated rings. The maximum absolute atomic E-state index is 14.5. The summed E-state index contributed by atoms with van der Waals surface area (Å²) in [5.74, 6) is 7.99. The van der Waals surface area contributed by atoms with Gasteiger partial charge in [0.15, 0.2) is 17.3 Å². The molecule has 2 amide bonds. The van der Waals surface area contributed by atoms with Crippen LogP contribution in [0.5, 0.6) is 5.75 Å². The minimum Gasteiger partial charge on any atom is -0.485 e. The van der Waals surface area contributed by atoms with Crippen LogP contribution < -0.4 is 29.2 Å². The molecule has 23 heteroatoms. The molecule has 22 nitrogen and oxygen atoms in total. The number of benzene rings is 6. The minimum atomic E-state index is -0.461. The van der Waals surface area contributed by atoms with Gasteiger partial charge in [0.05, 0.1) is 50.8 Å². The van der Waals surface area contributed by atoms with E-state index in [1.165, 1.54) is 83.8 Å². The SMILES string of the molecule is C=C1COc2ccc(C(C)C)cc2N1C.C=C1N(C)c2c(ccc(C(C)C)c2F)C1(C)C.C=C1N(C)c2ncc(C(C)C)cc2C1(C)C.CC(C)c1cc2c(nn1)N(C1CC1)C(=O)C2(C)C.CC(C)c1ccc2c(c1)N(C1CCC1)C(=O)C2(C)C.CC(C)c1ccc2cc[nH]c2n1.CC(C)c1ccc2ccn(C)c2c1.CC(C)c1ccc2cnn(C)c2c1.CC(C)c1ccc2nnn(C)c2c1.Cc1nn(C)c2nc(C(C)C)ccc12. The number of ether oxygens (including phenoxy) is 1. The number of pyridine rings is 3. The third-order valence-electron chi connectivity index (χ3n) is 31.0. The van der Waals surface area contributed by atoms with E-state index in [0.717, 1.165) is 133 Å². The van der Waals surface area contributed by atoms with Crippen LogP contribution in [0.15, 0.2) is 213 Å². The van der Waals surface area contributed by atoms with Crippen LogP contribution in [0, 0.1) is 12.7 Å². The number of aryl methyl sites for hydroxylation is 5. The fourth-order valence-corrected chi connectivity index (χ4v) is 19.6. The molecule has 0 radical (unpaired) electrons. The molecule has 15 aromatic rings. The number of allylic oxidation sites excluding steroid dienone is 2. The molecule has 2 aliphatic carbocycles. The molecule has 5 aliphatic heterocycles. The zero-order valence-corrected chi connectivity index (χ0v) is 96.7. The number of carbonyl (C=O) groups excluding carboxylic acids is 2. The van der Waals surface area contributed by atoms with Crippen molar-refractivity contribution < 1.29 is 18.7 Å². The van der Waals surface area contributed by atoms with Crippen molar-refractivity contribution in [2.75, 3.05) is 52.2 Å². The molecule has 1 N–H and O–H groups in total. The fourth-order valence-electron chi connectivity index (χ4n) is 19.6. The van der Waals surface area contributed by atoms with Gasteiger partial charge in [0.2, 0.25) is 11.8 Å². The van der Waals surface area contributed by atoms with Gasteiger partial charge in [-0.15, -0.1) is 10.2 Å². The molecule has 0 bridgehead atoms. The molecule has 0 spiro atoms. The van der Waals surface area contributed by atoms with E-state index in [2.05, 4.69) is 390 Å². The van der Waals surface area contributed by atoms with Crippen LogP contribution in [0.3, 0.4) is 0 Å². The Bertz CT molecular complexity index is 7190. The smallest absolute Gasteiger partial charge is 0.238 e. The Morgan fingerprint density at radius 1 is 0.420 bits per heavy atom. The van der Waals surface area contributed by atoms with Crippen molar-refractivity contribution in [1.82, 2.24) is 69.3 Å². The van der Waals surface area contributed by atoms with Crippen LogP contribution in [-0.2, 0) is 59.4 Å². The number of hydrogen-bond donors (Lipinski definition) is 1. The Balaban J connectivity index is 0.000000139. The van der Waals surface area contributed by atoms with Crippen molar-refractivity contribution in [1.29, 1.82) is 0 Å². The van der Waals surface area contributed by atoms with Crippen LogP contribution >= 0.6 is 0 Å². The molecular weight excluding hydrogens is 1860 g/mol. The lowest BCUT2D eigenvalue weighted by atomic mass is 9.83. The number of amides is 2. The van der Waals surface area contributed by atoms with Crippen molar-refractivity contribution in [3.63, 3.8) is 0 Å². The number of aromatic amines is 1. The van der Waals surface area contributed by atoms with E-state index in [4.69, 9.17) is 4.74 Å². The van der Waals surface area contributed by atoms with Crippen molar-refractivity contribution in [3.05, 3.63) is 303 Å². The minimum absolute atomic E-state index is 0.00197. The third kappa shape index (κ3) is 24.1. The normalized spacial score (nSPS) is 15.8. The summed E-state index contributed by atoms with van der Waals surface area (Å²) in [6.07, 6.45) is 13.7. The summed E-state index contributed by atoms with van der Waals surface area (Å²) in [7, 11) is 13.9. The second-order valence-corrected chi connectivity index (χ2v) is 46.9. The second kappa shape index (κ2) is 46.2. The molecular formula is C127H168FN19O3. The van der Waals surface area contributed by atoms with E-state index in [-0.39, 0.29) is 39.8 Å². The Hall–Kier alpha value is -13.4. The summed E-state index contributed by atoms with van der Waals surface area (Å²) in [5.41, 5.74) is 29.4. The topological polar surface area (TPSA) is 211 Å². The highest BCUT2D eigenvalue weighted by molar-refractivity contribution is 6.09. The van der Waals surface area contributed by atoms with Crippen molar-refractivity contribution in [3.8, 4) is 5.75 Å². The Morgan fingerprint density at radius 2 is 0.933 bits per heavy atom. The van der Waals surface area contributed by atoms with Crippen molar-refractivity contribution in [2.24, 2.45) is 28.2 Å². The van der Waals surface area contributed by atoms with Crippen molar-refractivity contribution >= 4 is 95.4 Å². The van der Waals surface area contributed by atoms with E-state index >= 15 is 0 Å². The largest absolute Gasteiger partial charge is 0.485 e. The summed E-state index contributed by atoms with van der Waals surface area (Å²) in [6.45, 7) is 74.8. The fraction of sp³-hybridized carbons (Fsp3) is 0.457. The van der Waals surface area contributed by atoms with Crippen LogP contribution in [0.25, 0.3) is 54.9 Å². The number of hydrogen-bond acceptors (Lipinski definition) is 15. The predicted molar refractivity (Wildman–Crippen MR) is 624 cm³/mol. The molecule has 796 valence electrons. The van der Waals surface area contributed by atoms with Crippen molar-refractivity contribution in [2.45, 2.75) is 326 Å². The molecule has 7 aliphatic rings. The molecule has 22 rings (SSSR count). The first-order valence-electron chi connectivity index (χ1n) is 54.1. The average Bonchev–Trinajstić information content (AvgIpc) is 1.57. The van der Waals surface area contributed by atoms with Crippen LogP contribution in [-0.4, -0.2) is 121 Å². The Kier molecular flexibility index (Phi) is 35.0. The number of nitrogens with zero attached hydrogens (tertiary/aromatic N) is 18. The van der Waals surface area contributed by atoms with Crippen LogP contribution in [0.2, 0.25) is 0 Å². The quantitative estimate of drug-likeness (QED) is 0.121. The van der Waals surface area contributed by atoms with Gasteiger partial charge < -0.3 is 33.9 Å². The Morgan fingerprint density at radius 3 is 1.53 bits per heavy atom.